The number of carbonyl (C=O) groups is 1. The molecule has 0 unspecified atom stereocenters. The van der Waals surface area contributed by atoms with Gasteiger partial charge in [-0.1, -0.05) is 13.8 Å². The van der Waals surface area contributed by atoms with E-state index < -0.39 is 29.8 Å². The summed E-state index contributed by atoms with van der Waals surface area (Å²) in [6.45, 7) is 6.28. The number of carbonyl (C=O) groups excluding carboxylic acids is 1. The minimum Gasteiger partial charge on any atom is -0.353 e. The van der Waals surface area contributed by atoms with Gasteiger partial charge in [-0.25, -0.2) is 0 Å². The van der Waals surface area contributed by atoms with Crippen LogP contribution in [0.15, 0.2) is 23.1 Å². The van der Waals surface area contributed by atoms with E-state index in [1.807, 2.05) is 13.8 Å². The summed E-state index contributed by atoms with van der Waals surface area (Å²) >= 11 is 0. The first kappa shape index (κ1) is 18.2. The van der Waals surface area contributed by atoms with Crippen LogP contribution in [0.2, 0.25) is 0 Å². The molecular formula is C14H20F3N3O2. The molecule has 0 fully saturated rings. The molecule has 1 heterocycles. The fourth-order valence-electron chi connectivity index (χ4n) is 1.98. The van der Waals surface area contributed by atoms with Crippen LogP contribution in [0.4, 0.5) is 13.2 Å². The third-order valence-electron chi connectivity index (χ3n) is 3.28. The summed E-state index contributed by atoms with van der Waals surface area (Å²) < 4.78 is 38.6. The molecule has 1 aromatic rings. The molecule has 22 heavy (non-hydrogen) atoms. The van der Waals surface area contributed by atoms with Gasteiger partial charge >= 0.3 is 6.18 Å². The first-order chi connectivity index (χ1) is 10.3. The summed E-state index contributed by atoms with van der Waals surface area (Å²) in [4.78, 5) is 25.5. The topological polar surface area (TPSA) is 54.3 Å². The average Bonchev–Trinajstić information content (AvgIpc) is 2.44. The Balaban J connectivity index is 2.64. The standard InChI is InChI=1S/C14H20F3N3O2/c1-3-19(4-2)9-7-18-12(21)10-20-8-5-6-11(13(20)22)14(15,16)17/h5-6,8H,3-4,7,9-10H2,1-2H3,(H,18,21). The van der Waals surface area contributed by atoms with Gasteiger partial charge in [0.05, 0.1) is 0 Å². The van der Waals surface area contributed by atoms with Crippen LogP contribution in [0, 0.1) is 0 Å². The molecule has 0 aliphatic carbocycles. The monoisotopic (exact) mass is 319 g/mol. The number of halogens is 3. The number of likely N-dealkylation sites (N-methyl/N-ethyl adjacent to an activating group) is 1. The van der Waals surface area contributed by atoms with Gasteiger partial charge in [0.25, 0.3) is 5.56 Å². The van der Waals surface area contributed by atoms with Gasteiger partial charge in [0.15, 0.2) is 0 Å². The number of hydrogen-bond donors (Lipinski definition) is 1. The molecule has 0 spiro atoms. The fraction of sp³-hybridized carbons (Fsp3) is 0.571. The highest BCUT2D eigenvalue weighted by Gasteiger charge is 2.34. The SMILES string of the molecule is CCN(CC)CCNC(=O)Cn1cccc(C(F)(F)F)c1=O. The van der Waals surface area contributed by atoms with Crippen molar-refractivity contribution in [1.29, 1.82) is 0 Å². The minimum absolute atomic E-state index is 0.383. The molecule has 0 saturated heterocycles. The van der Waals surface area contributed by atoms with E-state index in [9.17, 15) is 22.8 Å². The highest BCUT2D eigenvalue weighted by molar-refractivity contribution is 5.75. The first-order valence-electron chi connectivity index (χ1n) is 7.05. The van der Waals surface area contributed by atoms with Gasteiger partial charge in [-0.15, -0.1) is 0 Å². The Bertz CT molecular complexity index is 551. The van der Waals surface area contributed by atoms with Gasteiger partial charge in [-0.3, -0.25) is 9.59 Å². The lowest BCUT2D eigenvalue weighted by molar-refractivity contribution is -0.139. The van der Waals surface area contributed by atoms with Gasteiger partial charge < -0.3 is 14.8 Å². The van der Waals surface area contributed by atoms with Crippen molar-refractivity contribution in [3.63, 3.8) is 0 Å². The maximum atomic E-state index is 12.6. The number of rotatable bonds is 7. The average molecular weight is 319 g/mol. The van der Waals surface area contributed by atoms with E-state index in [0.29, 0.717) is 19.2 Å². The molecule has 124 valence electrons. The molecule has 0 aliphatic rings. The molecule has 5 nitrogen and oxygen atoms in total. The van der Waals surface area contributed by atoms with Crippen LogP contribution < -0.4 is 10.9 Å². The Labute approximate surface area is 126 Å². The molecule has 0 radical (unpaired) electrons. The van der Waals surface area contributed by atoms with Crippen molar-refractivity contribution < 1.29 is 18.0 Å². The Kier molecular flexibility index (Phi) is 6.61. The van der Waals surface area contributed by atoms with Crippen LogP contribution in [0.25, 0.3) is 0 Å². The molecule has 1 rings (SSSR count). The lowest BCUT2D eigenvalue weighted by atomic mass is 10.2. The van der Waals surface area contributed by atoms with Crippen molar-refractivity contribution in [2.75, 3.05) is 26.2 Å². The zero-order valence-corrected chi connectivity index (χ0v) is 12.6. The second kappa shape index (κ2) is 7.98. The van der Waals surface area contributed by atoms with E-state index >= 15 is 0 Å². The zero-order valence-electron chi connectivity index (χ0n) is 12.6. The maximum Gasteiger partial charge on any atom is 0.421 e. The molecule has 0 saturated carbocycles. The molecule has 0 aromatic carbocycles. The van der Waals surface area contributed by atoms with Gasteiger partial charge in [-0.2, -0.15) is 13.2 Å². The lowest BCUT2D eigenvalue weighted by Gasteiger charge is -2.18. The van der Waals surface area contributed by atoms with Gasteiger partial charge in [0, 0.05) is 19.3 Å². The van der Waals surface area contributed by atoms with Gasteiger partial charge in [0.2, 0.25) is 5.91 Å². The van der Waals surface area contributed by atoms with E-state index in [2.05, 4.69) is 10.2 Å². The van der Waals surface area contributed by atoms with Crippen LogP contribution in [0.3, 0.4) is 0 Å². The number of pyridine rings is 1. The number of amides is 1. The van der Waals surface area contributed by atoms with Crippen molar-refractivity contribution in [2.24, 2.45) is 0 Å². The van der Waals surface area contributed by atoms with Gasteiger partial charge in [-0.05, 0) is 25.2 Å². The Morgan fingerprint density at radius 3 is 2.50 bits per heavy atom. The molecule has 8 heteroatoms. The predicted molar refractivity (Wildman–Crippen MR) is 76.5 cm³/mol. The largest absolute Gasteiger partial charge is 0.421 e. The van der Waals surface area contributed by atoms with E-state index in [0.717, 1.165) is 23.7 Å². The summed E-state index contributed by atoms with van der Waals surface area (Å²) in [5, 5.41) is 2.59. The van der Waals surface area contributed by atoms with Crippen molar-refractivity contribution >= 4 is 5.91 Å². The van der Waals surface area contributed by atoms with E-state index in [-0.39, 0.29) is 0 Å². The normalized spacial score (nSPS) is 11.7. The van der Waals surface area contributed by atoms with Crippen molar-refractivity contribution in [3.05, 3.63) is 34.2 Å². The minimum atomic E-state index is -4.72. The van der Waals surface area contributed by atoms with Crippen LogP contribution in [0.1, 0.15) is 19.4 Å². The zero-order chi connectivity index (χ0) is 16.8. The fourth-order valence-corrected chi connectivity index (χ4v) is 1.98. The first-order valence-corrected chi connectivity index (χ1v) is 7.05. The number of alkyl halides is 3. The summed E-state index contributed by atoms with van der Waals surface area (Å²) in [6, 6.07) is 1.81. The highest BCUT2D eigenvalue weighted by atomic mass is 19.4. The summed E-state index contributed by atoms with van der Waals surface area (Å²) in [5.74, 6) is -0.492. The molecule has 0 aliphatic heterocycles. The molecular weight excluding hydrogens is 299 g/mol. The van der Waals surface area contributed by atoms with Crippen LogP contribution in [-0.2, 0) is 17.5 Å². The van der Waals surface area contributed by atoms with Crippen molar-refractivity contribution in [3.8, 4) is 0 Å². The van der Waals surface area contributed by atoms with E-state index in [4.69, 9.17) is 0 Å². The second-order valence-electron chi connectivity index (χ2n) is 4.73. The number of hydrogen-bond acceptors (Lipinski definition) is 3. The van der Waals surface area contributed by atoms with Crippen LogP contribution in [0.5, 0.6) is 0 Å². The Morgan fingerprint density at radius 1 is 1.32 bits per heavy atom. The number of nitrogens with zero attached hydrogens (tertiary/aromatic N) is 2. The summed E-state index contributed by atoms with van der Waals surface area (Å²) in [5.41, 5.74) is -2.49. The van der Waals surface area contributed by atoms with Crippen molar-refractivity contribution in [2.45, 2.75) is 26.6 Å². The summed E-state index contributed by atoms with van der Waals surface area (Å²) in [6.07, 6.45) is -3.55. The Hall–Kier alpha value is -1.83. The Morgan fingerprint density at radius 2 is 1.95 bits per heavy atom. The lowest BCUT2D eigenvalue weighted by Crippen LogP contribution is -2.38. The van der Waals surface area contributed by atoms with E-state index in [1.165, 1.54) is 6.20 Å². The third kappa shape index (κ3) is 5.18. The van der Waals surface area contributed by atoms with Crippen LogP contribution >= 0.6 is 0 Å². The number of aromatic nitrogens is 1. The molecule has 1 amide bonds. The third-order valence-corrected chi connectivity index (χ3v) is 3.28. The molecule has 1 N–H and O–H groups in total. The van der Waals surface area contributed by atoms with Crippen molar-refractivity contribution in [1.82, 2.24) is 14.8 Å². The highest BCUT2D eigenvalue weighted by Crippen LogP contribution is 2.25. The van der Waals surface area contributed by atoms with Gasteiger partial charge in [0.1, 0.15) is 12.1 Å². The summed E-state index contributed by atoms with van der Waals surface area (Å²) in [7, 11) is 0. The quantitative estimate of drug-likeness (QED) is 0.825. The van der Waals surface area contributed by atoms with Crippen LogP contribution in [-0.4, -0.2) is 41.6 Å². The number of nitrogens with one attached hydrogen (secondary N) is 1. The second-order valence-corrected chi connectivity index (χ2v) is 4.73. The smallest absolute Gasteiger partial charge is 0.353 e. The predicted octanol–water partition coefficient (Wildman–Crippen LogP) is 1.33. The molecule has 0 atom stereocenters. The van der Waals surface area contributed by atoms with E-state index in [1.54, 1.807) is 0 Å². The molecule has 1 aromatic heterocycles. The maximum absolute atomic E-state index is 12.6. The molecule has 0 bridgehead atoms.